The first kappa shape index (κ1) is 17.8. The molecule has 0 saturated heterocycles. The number of hydrogen-bond acceptors (Lipinski definition) is 3. The number of nitrogens with zero attached hydrogens (tertiary/aromatic N) is 2. The van der Waals surface area contributed by atoms with Crippen LogP contribution in [0.1, 0.15) is 16.8 Å². The monoisotopic (exact) mass is 371 g/mol. The molecule has 0 radical (unpaired) electrons. The second-order valence-corrected chi connectivity index (χ2v) is 6.43. The number of hydrogen-bond donors (Lipinski definition) is 1. The van der Waals surface area contributed by atoms with E-state index in [1.165, 1.54) is 0 Å². The molecular formula is C23H21N3O2. The van der Waals surface area contributed by atoms with Crippen molar-refractivity contribution in [1.29, 1.82) is 0 Å². The van der Waals surface area contributed by atoms with Crippen LogP contribution in [0.4, 0.5) is 0 Å². The van der Waals surface area contributed by atoms with E-state index in [0.29, 0.717) is 18.7 Å². The second-order valence-electron chi connectivity index (χ2n) is 6.43. The lowest BCUT2D eigenvalue weighted by molar-refractivity contribution is 0.0951. The summed E-state index contributed by atoms with van der Waals surface area (Å²) < 4.78 is 7.85. The molecule has 140 valence electrons. The summed E-state index contributed by atoms with van der Waals surface area (Å²) in [5.41, 5.74) is 2.53. The van der Waals surface area contributed by atoms with Gasteiger partial charge in [-0.1, -0.05) is 18.2 Å². The lowest BCUT2D eigenvalue weighted by atomic mass is 10.2. The zero-order valence-corrected chi connectivity index (χ0v) is 15.4. The third-order valence-electron chi connectivity index (χ3n) is 4.49. The van der Waals surface area contributed by atoms with E-state index in [2.05, 4.69) is 10.3 Å². The van der Waals surface area contributed by atoms with Crippen molar-refractivity contribution >= 4 is 16.8 Å². The van der Waals surface area contributed by atoms with Crippen molar-refractivity contribution < 1.29 is 9.53 Å². The SMILES string of the molecule is O=C(NCCCOc1cccc2cccnc12)c1ccc(-n2cccc2)cc1. The molecule has 4 rings (SSSR count). The molecule has 2 aromatic carbocycles. The lowest BCUT2D eigenvalue weighted by Crippen LogP contribution is -2.25. The predicted molar refractivity (Wildman–Crippen MR) is 110 cm³/mol. The smallest absolute Gasteiger partial charge is 0.251 e. The van der Waals surface area contributed by atoms with Crippen molar-refractivity contribution in [3.63, 3.8) is 0 Å². The Kier molecular flexibility index (Phi) is 5.33. The van der Waals surface area contributed by atoms with Crippen LogP contribution in [-0.2, 0) is 0 Å². The van der Waals surface area contributed by atoms with Gasteiger partial charge in [0.1, 0.15) is 11.3 Å². The number of rotatable bonds is 7. The minimum absolute atomic E-state index is 0.0779. The number of pyridine rings is 1. The minimum Gasteiger partial charge on any atom is -0.491 e. The van der Waals surface area contributed by atoms with Gasteiger partial charge in [-0.2, -0.15) is 0 Å². The van der Waals surface area contributed by atoms with Crippen LogP contribution in [0.3, 0.4) is 0 Å². The van der Waals surface area contributed by atoms with Gasteiger partial charge in [0.25, 0.3) is 5.91 Å². The Morgan fingerprint density at radius 3 is 2.57 bits per heavy atom. The largest absolute Gasteiger partial charge is 0.491 e. The van der Waals surface area contributed by atoms with Gasteiger partial charge < -0.3 is 14.6 Å². The summed E-state index contributed by atoms with van der Waals surface area (Å²) in [6.45, 7) is 1.07. The second kappa shape index (κ2) is 8.39. The van der Waals surface area contributed by atoms with Crippen LogP contribution in [0.15, 0.2) is 85.3 Å². The van der Waals surface area contributed by atoms with E-state index in [1.807, 2.05) is 83.7 Å². The Morgan fingerprint density at radius 1 is 0.964 bits per heavy atom. The Bertz CT molecular complexity index is 1050. The zero-order valence-electron chi connectivity index (χ0n) is 15.4. The Balaban J connectivity index is 1.25. The number of carbonyl (C=O) groups excluding carboxylic acids is 1. The number of benzene rings is 2. The van der Waals surface area contributed by atoms with Gasteiger partial charge in [0.15, 0.2) is 0 Å². The number of nitrogens with one attached hydrogen (secondary N) is 1. The van der Waals surface area contributed by atoms with E-state index < -0.39 is 0 Å². The van der Waals surface area contributed by atoms with Gasteiger partial charge >= 0.3 is 0 Å². The summed E-state index contributed by atoms with van der Waals surface area (Å²) in [5.74, 6) is 0.691. The number of aromatic nitrogens is 2. The Labute approximate surface area is 163 Å². The van der Waals surface area contributed by atoms with Crippen molar-refractivity contribution in [3.8, 4) is 11.4 Å². The fourth-order valence-electron chi connectivity index (χ4n) is 3.04. The molecule has 0 aliphatic carbocycles. The molecule has 0 aliphatic heterocycles. The average molecular weight is 371 g/mol. The molecule has 0 aliphatic rings. The normalized spacial score (nSPS) is 10.7. The summed E-state index contributed by atoms with van der Waals surface area (Å²) in [6.07, 6.45) is 6.43. The number of ether oxygens (including phenoxy) is 1. The van der Waals surface area contributed by atoms with E-state index in [4.69, 9.17) is 4.74 Å². The summed E-state index contributed by atoms with van der Waals surface area (Å²) in [6, 6.07) is 21.3. The molecular weight excluding hydrogens is 350 g/mol. The van der Waals surface area contributed by atoms with Crippen LogP contribution in [-0.4, -0.2) is 28.6 Å². The first-order chi connectivity index (χ1) is 13.8. The van der Waals surface area contributed by atoms with Gasteiger partial charge in [-0.3, -0.25) is 9.78 Å². The van der Waals surface area contributed by atoms with Crippen molar-refractivity contribution in [2.75, 3.05) is 13.2 Å². The van der Waals surface area contributed by atoms with Gasteiger partial charge in [-0.05, 0) is 55.0 Å². The van der Waals surface area contributed by atoms with Gasteiger partial charge in [-0.25, -0.2) is 0 Å². The highest BCUT2D eigenvalue weighted by molar-refractivity contribution is 5.94. The molecule has 0 bridgehead atoms. The van der Waals surface area contributed by atoms with E-state index >= 15 is 0 Å². The van der Waals surface area contributed by atoms with Crippen molar-refractivity contribution in [1.82, 2.24) is 14.9 Å². The number of fused-ring (bicyclic) bond motifs is 1. The van der Waals surface area contributed by atoms with E-state index in [-0.39, 0.29) is 5.91 Å². The molecule has 2 heterocycles. The van der Waals surface area contributed by atoms with Crippen LogP contribution < -0.4 is 10.1 Å². The quantitative estimate of drug-likeness (QED) is 0.495. The maximum absolute atomic E-state index is 12.3. The van der Waals surface area contributed by atoms with E-state index in [1.54, 1.807) is 6.20 Å². The van der Waals surface area contributed by atoms with Crippen molar-refractivity contribution in [3.05, 3.63) is 90.9 Å². The van der Waals surface area contributed by atoms with Crippen LogP contribution >= 0.6 is 0 Å². The van der Waals surface area contributed by atoms with E-state index in [0.717, 1.165) is 28.8 Å². The first-order valence-electron chi connectivity index (χ1n) is 9.29. The molecule has 5 heteroatoms. The average Bonchev–Trinajstić information content (AvgIpc) is 3.28. The highest BCUT2D eigenvalue weighted by Crippen LogP contribution is 2.22. The van der Waals surface area contributed by atoms with Crippen molar-refractivity contribution in [2.45, 2.75) is 6.42 Å². The lowest BCUT2D eigenvalue weighted by Gasteiger charge is -2.09. The van der Waals surface area contributed by atoms with Crippen LogP contribution in [0.2, 0.25) is 0 Å². The van der Waals surface area contributed by atoms with Gasteiger partial charge in [0.05, 0.1) is 6.61 Å². The maximum Gasteiger partial charge on any atom is 0.251 e. The molecule has 0 unspecified atom stereocenters. The molecule has 1 N–H and O–H groups in total. The highest BCUT2D eigenvalue weighted by atomic mass is 16.5. The van der Waals surface area contributed by atoms with Gasteiger partial charge in [-0.15, -0.1) is 0 Å². The molecule has 28 heavy (non-hydrogen) atoms. The minimum atomic E-state index is -0.0779. The molecule has 0 fully saturated rings. The summed E-state index contributed by atoms with van der Waals surface area (Å²) in [7, 11) is 0. The fourth-order valence-corrected chi connectivity index (χ4v) is 3.04. The molecule has 0 spiro atoms. The fraction of sp³-hybridized carbons (Fsp3) is 0.130. The number of carbonyl (C=O) groups is 1. The van der Waals surface area contributed by atoms with Crippen LogP contribution in [0.5, 0.6) is 5.75 Å². The molecule has 5 nitrogen and oxygen atoms in total. The zero-order chi connectivity index (χ0) is 19.2. The topological polar surface area (TPSA) is 56.1 Å². The van der Waals surface area contributed by atoms with E-state index in [9.17, 15) is 4.79 Å². The summed E-state index contributed by atoms with van der Waals surface area (Å²) in [5, 5.41) is 3.99. The Hall–Kier alpha value is -3.60. The molecule has 0 atom stereocenters. The third kappa shape index (κ3) is 4.04. The maximum atomic E-state index is 12.3. The molecule has 1 amide bonds. The molecule has 0 saturated carbocycles. The molecule has 4 aromatic rings. The summed E-state index contributed by atoms with van der Waals surface area (Å²) >= 11 is 0. The van der Waals surface area contributed by atoms with Crippen LogP contribution in [0.25, 0.3) is 16.6 Å². The number of para-hydroxylation sites is 1. The van der Waals surface area contributed by atoms with Crippen LogP contribution in [0, 0.1) is 0 Å². The standard InChI is InChI=1S/C23H21N3O2/c27-23(19-9-11-20(12-10-19)26-15-1-2-16-26)25-14-5-17-28-21-8-3-6-18-7-4-13-24-22(18)21/h1-4,6-13,15-16H,5,14,17H2,(H,25,27). The Morgan fingerprint density at radius 2 is 1.75 bits per heavy atom. The van der Waals surface area contributed by atoms with Crippen molar-refractivity contribution in [2.24, 2.45) is 0 Å². The van der Waals surface area contributed by atoms with Gasteiger partial charge in [0, 0.05) is 41.8 Å². The molecule has 2 aromatic heterocycles. The first-order valence-corrected chi connectivity index (χ1v) is 9.29. The third-order valence-corrected chi connectivity index (χ3v) is 4.49. The number of amides is 1. The summed E-state index contributed by atoms with van der Waals surface area (Å²) in [4.78, 5) is 16.7. The highest BCUT2D eigenvalue weighted by Gasteiger charge is 2.06. The van der Waals surface area contributed by atoms with Gasteiger partial charge in [0.2, 0.25) is 0 Å². The predicted octanol–water partition coefficient (Wildman–Crippen LogP) is 4.22.